The highest BCUT2D eigenvalue weighted by atomic mass is 19.1. The molecule has 1 aromatic heterocycles. The van der Waals surface area contributed by atoms with Gasteiger partial charge in [0.15, 0.2) is 0 Å². The molecule has 0 saturated carbocycles. The molecule has 0 spiro atoms. The first-order chi connectivity index (χ1) is 11.1. The summed E-state index contributed by atoms with van der Waals surface area (Å²) in [6.07, 6.45) is 1.34. The summed E-state index contributed by atoms with van der Waals surface area (Å²) in [6.45, 7) is 4.13. The zero-order valence-electron chi connectivity index (χ0n) is 13.1. The van der Waals surface area contributed by atoms with E-state index in [0.717, 1.165) is 27.4 Å². The number of pyridine rings is 1. The number of benzene rings is 3. The van der Waals surface area contributed by atoms with Crippen LogP contribution in [0.15, 0.2) is 60.8 Å². The van der Waals surface area contributed by atoms with Gasteiger partial charge in [0.2, 0.25) is 0 Å². The highest BCUT2D eigenvalue weighted by Crippen LogP contribution is 2.33. The zero-order chi connectivity index (χ0) is 16.0. The Balaban J connectivity index is 2.13. The fourth-order valence-electron chi connectivity index (χ4n) is 3.32. The lowest BCUT2D eigenvalue weighted by Crippen LogP contribution is -1.92. The molecule has 0 saturated heterocycles. The van der Waals surface area contributed by atoms with Crippen LogP contribution in [-0.2, 0) is 0 Å². The molecule has 0 fully saturated rings. The van der Waals surface area contributed by atoms with Crippen molar-refractivity contribution in [1.82, 2.24) is 4.98 Å². The SMILES string of the molecule is Cc1cc(C)cc(-c2ncc(F)c3c2ccc2ccccc23)c1. The summed E-state index contributed by atoms with van der Waals surface area (Å²) in [5.74, 6) is -0.273. The lowest BCUT2D eigenvalue weighted by atomic mass is 9.97. The molecule has 0 bridgehead atoms. The molecule has 0 amide bonds. The van der Waals surface area contributed by atoms with E-state index in [1.54, 1.807) is 0 Å². The first-order valence-electron chi connectivity index (χ1n) is 7.68. The minimum Gasteiger partial charge on any atom is -0.253 e. The standard InChI is InChI=1S/C21H16FN/c1-13-9-14(2)11-16(10-13)21-18-8-7-15-5-3-4-6-17(15)20(18)19(22)12-23-21/h3-12H,1-2H3. The third-order valence-electron chi connectivity index (χ3n) is 4.23. The molecule has 4 aromatic rings. The Hall–Kier alpha value is -2.74. The topological polar surface area (TPSA) is 12.9 Å². The summed E-state index contributed by atoms with van der Waals surface area (Å²) < 4.78 is 14.5. The Kier molecular flexibility index (Phi) is 3.12. The average Bonchev–Trinajstić information content (AvgIpc) is 2.54. The maximum atomic E-state index is 14.5. The molecule has 2 heteroatoms. The Bertz CT molecular complexity index is 1030. The Morgan fingerprint density at radius 3 is 2.35 bits per heavy atom. The molecular formula is C21H16FN. The maximum absolute atomic E-state index is 14.5. The monoisotopic (exact) mass is 301 g/mol. The van der Waals surface area contributed by atoms with Crippen molar-refractivity contribution in [2.45, 2.75) is 13.8 Å². The van der Waals surface area contributed by atoms with Crippen molar-refractivity contribution in [1.29, 1.82) is 0 Å². The fraction of sp³-hybridized carbons (Fsp3) is 0.0952. The van der Waals surface area contributed by atoms with Crippen LogP contribution < -0.4 is 0 Å². The normalized spacial score (nSPS) is 11.3. The summed E-state index contributed by atoms with van der Waals surface area (Å²) in [5, 5.41) is 3.47. The lowest BCUT2D eigenvalue weighted by molar-refractivity contribution is 0.635. The molecular weight excluding hydrogens is 285 g/mol. The van der Waals surface area contributed by atoms with E-state index in [1.807, 2.05) is 36.4 Å². The van der Waals surface area contributed by atoms with Gasteiger partial charge in [-0.1, -0.05) is 53.6 Å². The third-order valence-corrected chi connectivity index (χ3v) is 4.23. The summed E-state index contributed by atoms with van der Waals surface area (Å²) in [4.78, 5) is 4.39. The molecule has 0 aliphatic carbocycles. The number of hydrogen-bond donors (Lipinski definition) is 0. The van der Waals surface area contributed by atoms with Crippen LogP contribution in [0, 0.1) is 19.7 Å². The van der Waals surface area contributed by atoms with E-state index in [9.17, 15) is 4.39 Å². The number of aromatic nitrogens is 1. The molecule has 1 nitrogen and oxygen atoms in total. The molecule has 0 aliphatic rings. The molecule has 0 unspecified atom stereocenters. The van der Waals surface area contributed by atoms with Crippen LogP contribution in [0.3, 0.4) is 0 Å². The summed E-state index contributed by atoms with van der Waals surface area (Å²) in [7, 11) is 0. The highest BCUT2D eigenvalue weighted by Gasteiger charge is 2.12. The van der Waals surface area contributed by atoms with Gasteiger partial charge in [-0.25, -0.2) is 4.39 Å². The van der Waals surface area contributed by atoms with Gasteiger partial charge in [0.25, 0.3) is 0 Å². The van der Waals surface area contributed by atoms with Gasteiger partial charge in [0, 0.05) is 16.3 Å². The van der Waals surface area contributed by atoms with E-state index in [-0.39, 0.29) is 5.82 Å². The minimum atomic E-state index is -0.273. The summed E-state index contributed by atoms with van der Waals surface area (Å²) in [6, 6.07) is 18.2. The van der Waals surface area contributed by atoms with E-state index in [0.29, 0.717) is 5.39 Å². The van der Waals surface area contributed by atoms with Crippen LogP contribution in [0.2, 0.25) is 0 Å². The molecule has 0 atom stereocenters. The largest absolute Gasteiger partial charge is 0.253 e. The van der Waals surface area contributed by atoms with Gasteiger partial charge in [-0.15, -0.1) is 0 Å². The van der Waals surface area contributed by atoms with E-state index in [2.05, 4.69) is 37.0 Å². The van der Waals surface area contributed by atoms with Crippen molar-refractivity contribution < 1.29 is 4.39 Å². The Morgan fingerprint density at radius 1 is 0.826 bits per heavy atom. The summed E-state index contributed by atoms with van der Waals surface area (Å²) >= 11 is 0. The van der Waals surface area contributed by atoms with Gasteiger partial charge >= 0.3 is 0 Å². The second kappa shape index (κ2) is 5.17. The van der Waals surface area contributed by atoms with E-state index in [4.69, 9.17) is 0 Å². The lowest BCUT2D eigenvalue weighted by Gasteiger charge is -2.11. The number of rotatable bonds is 1. The van der Waals surface area contributed by atoms with Crippen LogP contribution in [0.25, 0.3) is 32.8 Å². The minimum absolute atomic E-state index is 0.273. The smallest absolute Gasteiger partial charge is 0.149 e. The van der Waals surface area contributed by atoms with E-state index >= 15 is 0 Å². The number of aryl methyl sites for hydroxylation is 2. The molecule has 0 aliphatic heterocycles. The highest BCUT2D eigenvalue weighted by molar-refractivity contribution is 6.11. The van der Waals surface area contributed by atoms with Gasteiger partial charge in [-0.3, -0.25) is 4.98 Å². The molecule has 0 radical (unpaired) electrons. The number of nitrogens with zero attached hydrogens (tertiary/aromatic N) is 1. The van der Waals surface area contributed by atoms with Crippen LogP contribution >= 0.6 is 0 Å². The predicted molar refractivity (Wildman–Crippen MR) is 94.1 cm³/mol. The first-order valence-corrected chi connectivity index (χ1v) is 7.68. The van der Waals surface area contributed by atoms with Crippen molar-refractivity contribution in [3.05, 3.63) is 77.7 Å². The third kappa shape index (κ3) is 2.27. The fourth-order valence-corrected chi connectivity index (χ4v) is 3.32. The van der Waals surface area contributed by atoms with Crippen molar-refractivity contribution >= 4 is 21.5 Å². The van der Waals surface area contributed by atoms with Gasteiger partial charge in [-0.2, -0.15) is 0 Å². The molecule has 112 valence electrons. The Labute approximate surface area is 134 Å². The second-order valence-corrected chi connectivity index (χ2v) is 6.04. The van der Waals surface area contributed by atoms with Gasteiger partial charge < -0.3 is 0 Å². The predicted octanol–water partition coefficient (Wildman–Crippen LogP) is 5.81. The van der Waals surface area contributed by atoms with E-state index < -0.39 is 0 Å². The maximum Gasteiger partial charge on any atom is 0.149 e. The summed E-state index contributed by atoms with van der Waals surface area (Å²) in [5.41, 5.74) is 4.22. The van der Waals surface area contributed by atoms with E-state index in [1.165, 1.54) is 17.3 Å². The average molecular weight is 301 g/mol. The molecule has 0 N–H and O–H groups in total. The molecule has 23 heavy (non-hydrogen) atoms. The van der Waals surface area contributed by atoms with Crippen LogP contribution in [-0.4, -0.2) is 4.98 Å². The molecule has 1 heterocycles. The number of fused-ring (bicyclic) bond motifs is 3. The zero-order valence-corrected chi connectivity index (χ0v) is 13.1. The molecule has 3 aromatic carbocycles. The molecule has 4 rings (SSSR count). The van der Waals surface area contributed by atoms with Crippen LogP contribution in [0.1, 0.15) is 11.1 Å². The van der Waals surface area contributed by atoms with Crippen LogP contribution in [0.5, 0.6) is 0 Å². The van der Waals surface area contributed by atoms with Crippen molar-refractivity contribution in [2.75, 3.05) is 0 Å². The van der Waals surface area contributed by atoms with Gasteiger partial charge in [-0.05, 0) is 36.8 Å². The second-order valence-electron chi connectivity index (χ2n) is 6.04. The first kappa shape index (κ1) is 13.9. The van der Waals surface area contributed by atoms with Gasteiger partial charge in [0.1, 0.15) is 5.82 Å². The van der Waals surface area contributed by atoms with Crippen LogP contribution in [0.4, 0.5) is 4.39 Å². The number of halogens is 1. The number of hydrogen-bond acceptors (Lipinski definition) is 1. The van der Waals surface area contributed by atoms with Crippen molar-refractivity contribution in [3.63, 3.8) is 0 Å². The van der Waals surface area contributed by atoms with Crippen molar-refractivity contribution in [3.8, 4) is 11.3 Å². The van der Waals surface area contributed by atoms with Gasteiger partial charge in [0.05, 0.1) is 11.9 Å². The Morgan fingerprint density at radius 2 is 1.57 bits per heavy atom. The quantitative estimate of drug-likeness (QED) is 0.404. The van der Waals surface area contributed by atoms with Crippen molar-refractivity contribution in [2.24, 2.45) is 0 Å².